The molecular formula is C35H44N2O12. The Bertz CT molecular complexity index is 1590. The highest BCUT2D eigenvalue weighted by atomic mass is 16.8. The Balaban J connectivity index is 1.16. The minimum absolute atomic E-state index is 0.0127. The number of esters is 2. The van der Waals surface area contributed by atoms with Crippen LogP contribution in [0.2, 0.25) is 0 Å². The fraction of sp³-hybridized carbons (Fsp3) is 0.571. The van der Waals surface area contributed by atoms with Crippen LogP contribution in [0.15, 0.2) is 42.0 Å². The van der Waals surface area contributed by atoms with Gasteiger partial charge >= 0.3 is 11.9 Å². The molecule has 14 nitrogen and oxygen atoms in total. The number of nitrogens with one attached hydrogen (secondary N) is 2. The number of hydrogen-bond acceptors (Lipinski definition) is 12. The molecule has 0 spiro atoms. The zero-order chi connectivity index (χ0) is 35.9. The van der Waals surface area contributed by atoms with Gasteiger partial charge in [-0.05, 0) is 67.7 Å². The molecule has 0 saturated heterocycles. The van der Waals surface area contributed by atoms with Gasteiger partial charge < -0.3 is 35.3 Å². The number of amides is 1. The van der Waals surface area contributed by atoms with Gasteiger partial charge in [0.2, 0.25) is 17.4 Å². The lowest BCUT2D eigenvalue weighted by atomic mass is 9.46. The lowest BCUT2D eigenvalue weighted by Crippen LogP contribution is -2.99. The number of rotatable bonds is 11. The van der Waals surface area contributed by atoms with Crippen molar-refractivity contribution in [1.82, 2.24) is 5.32 Å². The number of phenols is 1. The van der Waals surface area contributed by atoms with E-state index in [0.29, 0.717) is 18.4 Å². The maximum Gasteiger partial charge on any atom is 0.328 e. The molecule has 1 aromatic carbocycles. The van der Waals surface area contributed by atoms with Crippen LogP contribution in [0, 0.1) is 33.8 Å². The normalized spacial score (nSPS) is 32.9. The number of allylic oxidation sites excluding steroid dienone is 4. The third-order valence-electron chi connectivity index (χ3n) is 11.6. The van der Waals surface area contributed by atoms with Gasteiger partial charge in [0.1, 0.15) is 11.6 Å². The number of quaternary nitrogens is 1. The second kappa shape index (κ2) is 13.8. The Labute approximate surface area is 283 Å². The molecule has 0 bridgehead atoms. The molecular weight excluding hydrogens is 640 g/mol. The van der Waals surface area contributed by atoms with E-state index in [-0.39, 0.29) is 48.5 Å². The van der Waals surface area contributed by atoms with Crippen molar-refractivity contribution in [2.75, 3.05) is 13.7 Å². The molecule has 6 N–H and O–H groups in total. The highest BCUT2D eigenvalue weighted by Gasteiger charge is 2.68. The number of fused-ring (bicyclic) bond motifs is 5. The number of hydrogen-bond donors (Lipinski definition) is 6. The lowest BCUT2D eigenvalue weighted by molar-refractivity contribution is -0.991. The van der Waals surface area contributed by atoms with Gasteiger partial charge in [0.25, 0.3) is 0 Å². The summed E-state index contributed by atoms with van der Waals surface area (Å²) in [6.45, 7) is 3.15. The predicted molar refractivity (Wildman–Crippen MR) is 170 cm³/mol. The minimum Gasteiger partial charge on any atom is -0.595 e. The average molecular weight is 685 g/mol. The first-order valence-electron chi connectivity index (χ1n) is 16.5. The van der Waals surface area contributed by atoms with E-state index in [9.17, 15) is 49.7 Å². The smallest absolute Gasteiger partial charge is 0.328 e. The van der Waals surface area contributed by atoms with Crippen molar-refractivity contribution in [2.45, 2.75) is 83.0 Å². The monoisotopic (exact) mass is 684 g/mol. The van der Waals surface area contributed by atoms with E-state index >= 15 is 0 Å². The van der Waals surface area contributed by atoms with Gasteiger partial charge in [0, 0.05) is 35.7 Å². The number of aromatic hydroxyl groups is 1. The molecule has 1 amide bonds. The Hall–Kier alpha value is -3.95. The van der Waals surface area contributed by atoms with Gasteiger partial charge in [-0.3, -0.25) is 19.2 Å². The summed E-state index contributed by atoms with van der Waals surface area (Å²) in [5.74, 6) is -3.81. The quantitative estimate of drug-likeness (QED) is 0.109. The van der Waals surface area contributed by atoms with Gasteiger partial charge in [-0.15, -0.1) is 0 Å². The van der Waals surface area contributed by atoms with Crippen molar-refractivity contribution >= 4 is 35.1 Å². The molecule has 49 heavy (non-hydrogen) atoms. The molecule has 14 heteroatoms. The van der Waals surface area contributed by atoms with Crippen LogP contribution in [0.5, 0.6) is 5.75 Å². The number of ketones is 2. The van der Waals surface area contributed by atoms with Crippen LogP contribution in [0.25, 0.3) is 0 Å². The molecule has 0 heterocycles. The Morgan fingerprint density at radius 3 is 2.59 bits per heavy atom. The van der Waals surface area contributed by atoms with E-state index in [1.165, 1.54) is 12.1 Å². The maximum atomic E-state index is 13.5. The number of aliphatic hydroxyl groups is 2. The van der Waals surface area contributed by atoms with Crippen LogP contribution in [0.1, 0.15) is 64.4 Å². The van der Waals surface area contributed by atoms with E-state index in [2.05, 4.69) is 5.32 Å². The minimum atomic E-state index is -1.83. The SMILES string of the molecule is COC(=O)C(Cc1ccc(O)c([NH+]([O-])O)c1)NC(=O)CCC(=O)OCC(=O)C1(O)CCC2C3CCC4=CC(=O)C=CC4(C)C3C(O)CC21C. The number of Topliss-reactive ketones (excluding diaryl/α,β-unsaturated/α-hetero) is 1. The molecule has 0 radical (unpaired) electrons. The van der Waals surface area contributed by atoms with Crippen LogP contribution in [-0.4, -0.2) is 81.4 Å². The number of ether oxygens (including phenoxy) is 2. The zero-order valence-electron chi connectivity index (χ0n) is 27.8. The summed E-state index contributed by atoms with van der Waals surface area (Å²) in [7, 11) is 1.11. The Kier molecular flexibility index (Phi) is 10.2. The van der Waals surface area contributed by atoms with Crippen molar-refractivity contribution in [1.29, 1.82) is 0 Å². The van der Waals surface area contributed by atoms with Crippen molar-refractivity contribution in [2.24, 2.45) is 28.6 Å². The van der Waals surface area contributed by atoms with E-state index in [0.717, 1.165) is 25.2 Å². The van der Waals surface area contributed by atoms with E-state index in [4.69, 9.17) is 9.47 Å². The van der Waals surface area contributed by atoms with Crippen LogP contribution in [-0.2, 0) is 39.9 Å². The fourth-order valence-electron chi connectivity index (χ4n) is 9.06. The van der Waals surface area contributed by atoms with Crippen LogP contribution >= 0.6 is 0 Å². The van der Waals surface area contributed by atoms with Crippen LogP contribution in [0.4, 0.5) is 5.69 Å². The summed E-state index contributed by atoms with van der Waals surface area (Å²) in [5, 5.41) is 54.8. The topological polar surface area (TPSA) is 224 Å². The third kappa shape index (κ3) is 6.67. The molecule has 3 fully saturated rings. The molecule has 5 rings (SSSR count). The molecule has 4 aliphatic rings. The lowest BCUT2D eigenvalue weighted by Gasteiger charge is -2.59. The summed E-state index contributed by atoms with van der Waals surface area (Å²) in [5.41, 5.74) is -2.34. The maximum absolute atomic E-state index is 13.5. The van der Waals surface area contributed by atoms with Crippen molar-refractivity contribution < 1.29 is 59.2 Å². The number of methoxy groups -OCH3 is 1. The summed E-state index contributed by atoms with van der Waals surface area (Å²) < 4.78 is 9.94. The first kappa shape index (κ1) is 36.3. The Morgan fingerprint density at radius 1 is 1.16 bits per heavy atom. The molecule has 0 aliphatic heterocycles. The van der Waals surface area contributed by atoms with Crippen molar-refractivity contribution in [3.63, 3.8) is 0 Å². The molecule has 0 aromatic heterocycles. The molecule has 9 unspecified atom stereocenters. The summed E-state index contributed by atoms with van der Waals surface area (Å²) in [4.78, 5) is 63.2. The summed E-state index contributed by atoms with van der Waals surface area (Å²) in [6.07, 6.45) is 5.58. The second-order valence-corrected chi connectivity index (χ2v) is 14.2. The van der Waals surface area contributed by atoms with E-state index < -0.39 is 82.6 Å². The number of aliphatic hydroxyl groups excluding tert-OH is 1. The Morgan fingerprint density at radius 2 is 1.90 bits per heavy atom. The number of carbonyl (C=O) groups is 5. The highest BCUT2D eigenvalue weighted by molar-refractivity contribution is 6.01. The third-order valence-corrected chi connectivity index (χ3v) is 11.6. The number of benzene rings is 1. The molecule has 3 saturated carbocycles. The molecule has 1 aromatic rings. The van der Waals surface area contributed by atoms with Gasteiger partial charge in [0.05, 0.1) is 19.6 Å². The standard InChI is InChI=1S/C35H44N2O12/c1-33-12-10-21(38)16-20(33)5-6-22-23-11-13-35(45,34(23,2)17-27(40)31(22)33)28(41)18-49-30(43)9-8-29(42)36-24(32(44)48-3)14-19-4-7-26(39)25(15-19)37(46)47/h4,7,10,12,15-16,22-24,27,31,37,39-40,45-46H,5-6,8-9,11,13-14,17-18H2,1-3H3,(H,36,42). The van der Waals surface area contributed by atoms with Crippen molar-refractivity contribution in [3.05, 3.63) is 52.8 Å². The first-order valence-corrected chi connectivity index (χ1v) is 16.5. The second-order valence-electron chi connectivity index (χ2n) is 14.2. The summed E-state index contributed by atoms with van der Waals surface area (Å²) in [6, 6.07) is 2.50. The van der Waals surface area contributed by atoms with Gasteiger partial charge in [-0.25, -0.2) is 10.0 Å². The molecule has 9 atom stereocenters. The largest absolute Gasteiger partial charge is 0.595 e. The number of carbonyl (C=O) groups excluding carboxylic acids is 5. The first-order chi connectivity index (χ1) is 23.0. The molecule has 4 aliphatic carbocycles. The summed E-state index contributed by atoms with van der Waals surface area (Å²) >= 11 is 0. The highest BCUT2D eigenvalue weighted by Crippen LogP contribution is 2.67. The zero-order valence-corrected chi connectivity index (χ0v) is 27.8. The van der Waals surface area contributed by atoms with Crippen LogP contribution in [0.3, 0.4) is 0 Å². The van der Waals surface area contributed by atoms with E-state index in [1.54, 1.807) is 12.2 Å². The van der Waals surface area contributed by atoms with Gasteiger partial charge in [-0.1, -0.05) is 31.6 Å². The molecule has 266 valence electrons. The van der Waals surface area contributed by atoms with Gasteiger partial charge in [0.15, 0.2) is 18.1 Å². The predicted octanol–water partition coefficient (Wildman–Crippen LogP) is 0.898. The van der Waals surface area contributed by atoms with Crippen LogP contribution < -0.4 is 10.5 Å². The average Bonchev–Trinajstić information content (AvgIpc) is 3.33. The van der Waals surface area contributed by atoms with E-state index in [1.807, 2.05) is 19.9 Å². The fourth-order valence-corrected chi connectivity index (χ4v) is 9.06. The van der Waals surface area contributed by atoms with Crippen molar-refractivity contribution in [3.8, 4) is 5.75 Å². The van der Waals surface area contributed by atoms with Gasteiger partial charge in [-0.2, -0.15) is 5.23 Å². The number of phenolic OH excluding ortho intramolecular Hbond substituents is 1.